The van der Waals surface area contributed by atoms with Gasteiger partial charge in [0.05, 0.1) is 30.9 Å². The standard InChI is InChI=1S/C18H15N2O2/c1-21-17-10-8-13(11-18(17)22-2)7-9-14-12-19-15-5-3-4-6-16(15)20-14/h3-11H,1-2H3. The van der Waals surface area contributed by atoms with Gasteiger partial charge in [-0.25, -0.2) is 9.97 Å². The minimum absolute atomic E-state index is 0.688. The molecule has 4 heteroatoms. The van der Waals surface area contributed by atoms with Gasteiger partial charge in [-0.15, -0.1) is 0 Å². The predicted molar refractivity (Wildman–Crippen MR) is 86.8 cm³/mol. The fourth-order valence-electron chi connectivity index (χ4n) is 2.13. The molecule has 0 aliphatic rings. The molecule has 0 amide bonds. The number of hydrogen-bond donors (Lipinski definition) is 0. The van der Waals surface area contributed by atoms with Crippen LogP contribution in [0, 0.1) is 6.20 Å². The zero-order chi connectivity index (χ0) is 15.4. The summed E-state index contributed by atoms with van der Waals surface area (Å²) >= 11 is 0. The zero-order valence-corrected chi connectivity index (χ0v) is 12.4. The van der Waals surface area contributed by atoms with Gasteiger partial charge in [0.25, 0.3) is 0 Å². The van der Waals surface area contributed by atoms with E-state index in [1.807, 2.05) is 54.6 Å². The van der Waals surface area contributed by atoms with Crippen molar-refractivity contribution in [3.05, 3.63) is 59.9 Å². The third-order valence-corrected chi connectivity index (χ3v) is 3.25. The van der Waals surface area contributed by atoms with Gasteiger partial charge >= 0.3 is 0 Å². The molecule has 109 valence electrons. The topological polar surface area (TPSA) is 44.2 Å². The van der Waals surface area contributed by atoms with Crippen LogP contribution in [0.4, 0.5) is 0 Å². The predicted octanol–water partition coefficient (Wildman–Crippen LogP) is 3.62. The van der Waals surface area contributed by atoms with E-state index in [-0.39, 0.29) is 0 Å². The smallest absolute Gasteiger partial charge is 0.161 e. The van der Waals surface area contributed by atoms with Crippen LogP contribution in [-0.4, -0.2) is 24.2 Å². The molecule has 0 unspecified atom stereocenters. The molecule has 0 spiro atoms. The molecular weight excluding hydrogens is 276 g/mol. The molecule has 1 heterocycles. The van der Waals surface area contributed by atoms with Crippen molar-refractivity contribution in [2.75, 3.05) is 14.2 Å². The summed E-state index contributed by atoms with van der Waals surface area (Å²) in [7, 11) is 3.24. The summed E-state index contributed by atoms with van der Waals surface area (Å²) in [5.41, 5.74) is 3.37. The summed E-state index contributed by atoms with van der Waals surface area (Å²) < 4.78 is 10.5. The van der Waals surface area contributed by atoms with E-state index in [1.165, 1.54) is 0 Å². The third kappa shape index (κ3) is 2.91. The Kier molecular flexibility index (Phi) is 4.01. The number of methoxy groups -OCH3 is 2. The van der Waals surface area contributed by atoms with E-state index in [4.69, 9.17) is 9.47 Å². The Balaban J connectivity index is 1.89. The number of para-hydroxylation sites is 2. The van der Waals surface area contributed by atoms with Crippen molar-refractivity contribution in [3.63, 3.8) is 0 Å². The molecule has 3 aromatic rings. The number of nitrogens with zero attached hydrogens (tertiary/aromatic N) is 2. The Morgan fingerprint density at radius 2 is 1.68 bits per heavy atom. The maximum atomic E-state index is 5.29. The molecule has 2 aromatic carbocycles. The van der Waals surface area contributed by atoms with Crippen LogP contribution in [0.5, 0.6) is 11.5 Å². The molecule has 0 aliphatic heterocycles. The van der Waals surface area contributed by atoms with E-state index in [0.29, 0.717) is 17.2 Å². The fourth-order valence-corrected chi connectivity index (χ4v) is 2.13. The summed E-state index contributed by atoms with van der Waals surface area (Å²) in [6.07, 6.45) is 6.75. The first-order valence-corrected chi connectivity index (χ1v) is 6.85. The largest absolute Gasteiger partial charge is 0.493 e. The summed E-state index contributed by atoms with van der Waals surface area (Å²) in [6.45, 7) is 0. The molecule has 0 aliphatic carbocycles. The van der Waals surface area contributed by atoms with Crippen LogP contribution in [0.25, 0.3) is 23.2 Å². The molecule has 3 rings (SSSR count). The van der Waals surface area contributed by atoms with E-state index in [0.717, 1.165) is 16.6 Å². The van der Waals surface area contributed by atoms with E-state index in [2.05, 4.69) is 16.2 Å². The van der Waals surface area contributed by atoms with Gasteiger partial charge in [0.2, 0.25) is 0 Å². The van der Waals surface area contributed by atoms with Gasteiger partial charge in [0.1, 0.15) is 6.20 Å². The number of benzene rings is 2. The third-order valence-electron chi connectivity index (χ3n) is 3.25. The van der Waals surface area contributed by atoms with Crippen molar-refractivity contribution in [2.24, 2.45) is 0 Å². The van der Waals surface area contributed by atoms with E-state index >= 15 is 0 Å². The van der Waals surface area contributed by atoms with Crippen LogP contribution in [0.15, 0.2) is 42.5 Å². The minimum atomic E-state index is 0.688. The number of aromatic nitrogens is 2. The van der Waals surface area contributed by atoms with E-state index < -0.39 is 0 Å². The quantitative estimate of drug-likeness (QED) is 0.736. The summed E-state index contributed by atoms with van der Waals surface area (Å²) in [4.78, 5) is 8.78. The van der Waals surface area contributed by atoms with Gasteiger partial charge in [-0.2, -0.15) is 0 Å². The van der Waals surface area contributed by atoms with Gasteiger partial charge in [-0.3, -0.25) is 0 Å². The molecule has 0 saturated carbocycles. The van der Waals surface area contributed by atoms with Crippen molar-refractivity contribution in [1.29, 1.82) is 0 Å². The first-order chi connectivity index (χ1) is 10.8. The average molecular weight is 291 g/mol. The van der Waals surface area contributed by atoms with Gasteiger partial charge in [-0.1, -0.05) is 24.3 Å². The zero-order valence-electron chi connectivity index (χ0n) is 12.4. The Hall–Kier alpha value is -2.88. The molecule has 4 nitrogen and oxygen atoms in total. The van der Waals surface area contributed by atoms with E-state index in [1.54, 1.807) is 14.2 Å². The SMILES string of the molecule is COc1ccc(C=Cc2[c]nc3ccccc3n2)cc1OC. The van der Waals surface area contributed by atoms with Crippen LogP contribution in [0.3, 0.4) is 0 Å². The molecule has 0 N–H and O–H groups in total. The van der Waals surface area contributed by atoms with Crippen LogP contribution >= 0.6 is 0 Å². The lowest BCUT2D eigenvalue weighted by atomic mass is 10.1. The number of fused-ring (bicyclic) bond motifs is 1. The first-order valence-electron chi connectivity index (χ1n) is 6.85. The Morgan fingerprint density at radius 1 is 0.909 bits per heavy atom. The van der Waals surface area contributed by atoms with Gasteiger partial charge in [-0.05, 0) is 35.9 Å². The van der Waals surface area contributed by atoms with Gasteiger partial charge in [0.15, 0.2) is 11.5 Å². The van der Waals surface area contributed by atoms with E-state index in [9.17, 15) is 0 Å². The highest BCUT2D eigenvalue weighted by atomic mass is 16.5. The highest BCUT2D eigenvalue weighted by molar-refractivity contribution is 5.76. The maximum Gasteiger partial charge on any atom is 0.161 e. The fraction of sp³-hybridized carbons (Fsp3) is 0.111. The van der Waals surface area contributed by atoms with Crippen molar-refractivity contribution < 1.29 is 9.47 Å². The second-order valence-corrected chi connectivity index (χ2v) is 4.66. The molecule has 1 aromatic heterocycles. The number of ether oxygens (including phenoxy) is 2. The lowest BCUT2D eigenvalue weighted by Gasteiger charge is -2.07. The van der Waals surface area contributed by atoms with Crippen LogP contribution in [-0.2, 0) is 0 Å². The Labute approximate surface area is 129 Å². The molecule has 0 fully saturated rings. The number of rotatable bonds is 4. The number of hydrogen-bond acceptors (Lipinski definition) is 4. The summed E-state index contributed by atoms with van der Waals surface area (Å²) in [6, 6.07) is 13.5. The molecular formula is C18H15N2O2. The van der Waals surface area contributed by atoms with Crippen LogP contribution in [0.2, 0.25) is 0 Å². The molecule has 22 heavy (non-hydrogen) atoms. The summed E-state index contributed by atoms with van der Waals surface area (Å²) in [5.74, 6) is 1.40. The van der Waals surface area contributed by atoms with Crippen LogP contribution in [0.1, 0.15) is 11.3 Å². The second-order valence-electron chi connectivity index (χ2n) is 4.66. The monoisotopic (exact) mass is 291 g/mol. The Morgan fingerprint density at radius 3 is 2.45 bits per heavy atom. The highest BCUT2D eigenvalue weighted by Crippen LogP contribution is 2.28. The molecule has 0 saturated heterocycles. The van der Waals surface area contributed by atoms with Gasteiger partial charge in [0, 0.05) is 0 Å². The molecule has 0 atom stereocenters. The average Bonchev–Trinajstić information content (AvgIpc) is 2.59. The maximum absolute atomic E-state index is 5.29. The Bertz CT molecular complexity index is 828. The molecule has 0 bridgehead atoms. The van der Waals surface area contributed by atoms with Gasteiger partial charge < -0.3 is 9.47 Å². The minimum Gasteiger partial charge on any atom is -0.493 e. The van der Waals surface area contributed by atoms with Crippen molar-refractivity contribution >= 4 is 23.2 Å². The van der Waals surface area contributed by atoms with Crippen molar-refractivity contribution in [1.82, 2.24) is 9.97 Å². The first kappa shape index (κ1) is 14.1. The molecule has 1 radical (unpaired) electrons. The van der Waals surface area contributed by atoms with Crippen LogP contribution < -0.4 is 9.47 Å². The lowest BCUT2D eigenvalue weighted by Crippen LogP contribution is -1.90. The highest BCUT2D eigenvalue weighted by Gasteiger charge is 2.03. The normalized spacial score (nSPS) is 11.0. The second kappa shape index (κ2) is 6.26. The van der Waals surface area contributed by atoms with Crippen molar-refractivity contribution in [2.45, 2.75) is 0 Å². The summed E-state index contributed by atoms with van der Waals surface area (Å²) in [5, 5.41) is 0. The lowest BCUT2D eigenvalue weighted by molar-refractivity contribution is 0.355. The van der Waals surface area contributed by atoms with Crippen molar-refractivity contribution in [3.8, 4) is 11.5 Å².